The van der Waals surface area contributed by atoms with Crippen LogP contribution in [0.2, 0.25) is 0 Å². The summed E-state index contributed by atoms with van der Waals surface area (Å²) in [6.07, 6.45) is 3.30. The largest absolute Gasteiger partial charge is 0.311 e. The lowest BCUT2D eigenvalue weighted by atomic mass is 9.92. The van der Waals surface area contributed by atoms with E-state index < -0.39 is 0 Å². The molecule has 0 heterocycles. The Morgan fingerprint density at radius 3 is 1.33 bits per heavy atom. The van der Waals surface area contributed by atoms with Crippen molar-refractivity contribution in [3.8, 4) is 44.5 Å². The van der Waals surface area contributed by atoms with Gasteiger partial charge in [-0.15, -0.1) is 0 Å². The molecule has 0 radical (unpaired) electrons. The first-order valence-electron chi connectivity index (χ1n) is 22.2. The fraction of sp³-hybridized carbons (Fsp3) is 0.0159. The average molecular weight is 814 g/mol. The Bertz CT molecular complexity index is 3520. The van der Waals surface area contributed by atoms with Crippen molar-refractivity contribution in [2.24, 2.45) is 0 Å². The summed E-state index contributed by atoms with van der Waals surface area (Å²) in [5.41, 5.74) is 18.4. The first-order chi connectivity index (χ1) is 31.7. The molecule has 0 saturated carbocycles. The molecule has 1 aliphatic rings. The van der Waals surface area contributed by atoms with Crippen molar-refractivity contribution in [1.82, 2.24) is 0 Å². The Labute approximate surface area is 374 Å². The van der Waals surface area contributed by atoms with Gasteiger partial charge in [0.2, 0.25) is 0 Å². The molecule has 0 N–H and O–H groups in total. The summed E-state index contributed by atoms with van der Waals surface area (Å²) >= 11 is 0. The van der Waals surface area contributed by atoms with Crippen LogP contribution in [0.25, 0.3) is 88.5 Å². The zero-order valence-electron chi connectivity index (χ0n) is 35.3. The van der Waals surface area contributed by atoms with Crippen molar-refractivity contribution < 1.29 is 0 Å². The molecule has 0 aliphatic heterocycles. The molecule has 0 unspecified atom stereocenters. The average Bonchev–Trinajstić information content (AvgIpc) is 3.82. The standard InChI is InChI=1S/C63H43N/c1-2-10-51-39-54(26-23-43(51)9-1)48-19-17-44(18-20-48)46-27-33-57(34-28-46)64(59-37-31-49(32-38-59)56-40-52-11-3-4-12-53(52)41-56)58-35-29-47(30-36-58)45-21-24-50(25-22-45)63-42-55-13-5-6-14-60(55)61-15-7-8-16-62(61)63/h1-40,42H,41H2. The molecular weight excluding hydrogens is 771 g/mol. The van der Waals surface area contributed by atoms with Gasteiger partial charge in [-0.05, 0) is 154 Å². The molecular formula is C63H43N. The van der Waals surface area contributed by atoms with E-state index in [1.165, 1.54) is 99.1 Å². The molecule has 1 heteroatoms. The highest BCUT2D eigenvalue weighted by atomic mass is 15.1. The van der Waals surface area contributed by atoms with Gasteiger partial charge in [-0.1, -0.05) is 200 Å². The Kier molecular flexibility index (Phi) is 9.31. The second-order valence-electron chi connectivity index (χ2n) is 16.9. The minimum atomic E-state index is 0.964. The van der Waals surface area contributed by atoms with Gasteiger partial charge < -0.3 is 4.90 Å². The van der Waals surface area contributed by atoms with Crippen LogP contribution in [-0.2, 0) is 6.42 Å². The van der Waals surface area contributed by atoms with E-state index in [0.29, 0.717) is 0 Å². The van der Waals surface area contributed by atoms with Gasteiger partial charge in [-0.2, -0.15) is 0 Å². The first-order valence-corrected chi connectivity index (χ1v) is 22.2. The molecule has 11 aromatic carbocycles. The van der Waals surface area contributed by atoms with Crippen molar-refractivity contribution >= 4 is 61.0 Å². The summed E-state index contributed by atoms with van der Waals surface area (Å²) in [5, 5.41) is 7.64. The minimum absolute atomic E-state index is 0.964. The van der Waals surface area contributed by atoms with Gasteiger partial charge in [0, 0.05) is 17.1 Å². The van der Waals surface area contributed by atoms with Gasteiger partial charge >= 0.3 is 0 Å². The number of fused-ring (bicyclic) bond motifs is 5. The Morgan fingerprint density at radius 1 is 0.281 bits per heavy atom. The number of hydrogen-bond donors (Lipinski definition) is 0. The third-order valence-electron chi connectivity index (χ3n) is 13.1. The molecule has 1 aliphatic carbocycles. The van der Waals surface area contributed by atoms with Gasteiger partial charge in [-0.3, -0.25) is 0 Å². The molecule has 1 nitrogen and oxygen atoms in total. The third-order valence-corrected chi connectivity index (χ3v) is 13.1. The van der Waals surface area contributed by atoms with Crippen molar-refractivity contribution in [2.45, 2.75) is 6.42 Å². The molecule has 0 bridgehead atoms. The van der Waals surface area contributed by atoms with E-state index in [9.17, 15) is 0 Å². The highest BCUT2D eigenvalue weighted by Crippen LogP contribution is 2.40. The molecule has 0 spiro atoms. The maximum Gasteiger partial charge on any atom is 0.0462 e. The Morgan fingerprint density at radius 2 is 0.719 bits per heavy atom. The summed E-state index contributed by atoms with van der Waals surface area (Å²) in [5.74, 6) is 0. The van der Waals surface area contributed by atoms with E-state index >= 15 is 0 Å². The van der Waals surface area contributed by atoms with E-state index in [-0.39, 0.29) is 0 Å². The fourth-order valence-electron chi connectivity index (χ4n) is 9.70. The molecule has 11 aromatic rings. The third kappa shape index (κ3) is 6.94. The Balaban J connectivity index is 0.850. The van der Waals surface area contributed by atoms with Crippen LogP contribution >= 0.6 is 0 Å². The first kappa shape index (κ1) is 37.5. The highest BCUT2D eigenvalue weighted by Gasteiger charge is 2.17. The van der Waals surface area contributed by atoms with Crippen LogP contribution in [0.15, 0.2) is 243 Å². The topological polar surface area (TPSA) is 3.24 Å². The number of benzene rings is 11. The number of hydrogen-bond acceptors (Lipinski definition) is 1. The van der Waals surface area contributed by atoms with Crippen LogP contribution in [0.1, 0.15) is 16.7 Å². The van der Waals surface area contributed by atoms with E-state index in [2.05, 4.69) is 254 Å². The van der Waals surface area contributed by atoms with Crippen LogP contribution in [-0.4, -0.2) is 0 Å². The molecule has 0 saturated heterocycles. The fourth-order valence-corrected chi connectivity index (χ4v) is 9.70. The van der Waals surface area contributed by atoms with Crippen LogP contribution in [0.5, 0.6) is 0 Å². The van der Waals surface area contributed by atoms with Gasteiger partial charge in [0.1, 0.15) is 0 Å². The number of nitrogens with zero attached hydrogens (tertiary/aromatic N) is 1. The summed E-state index contributed by atoms with van der Waals surface area (Å²) in [6.45, 7) is 0. The second-order valence-corrected chi connectivity index (χ2v) is 16.9. The number of rotatable bonds is 8. The maximum absolute atomic E-state index is 2.37. The van der Waals surface area contributed by atoms with E-state index in [4.69, 9.17) is 0 Å². The van der Waals surface area contributed by atoms with Crippen LogP contribution in [0.4, 0.5) is 17.1 Å². The predicted molar refractivity (Wildman–Crippen MR) is 273 cm³/mol. The summed E-state index contributed by atoms with van der Waals surface area (Å²) < 4.78 is 0. The smallest absolute Gasteiger partial charge is 0.0462 e. The second kappa shape index (κ2) is 15.9. The van der Waals surface area contributed by atoms with E-state index in [0.717, 1.165) is 23.5 Å². The van der Waals surface area contributed by atoms with Crippen molar-refractivity contribution in [1.29, 1.82) is 0 Å². The molecule has 12 rings (SSSR count). The lowest BCUT2D eigenvalue weighted by molar-refractivity contribution is 1.27. The zero-order valence-corrected chi connectivity index (χ0v) is 35.3. The van der Waals surface area contributed by atoms with Crippen molar-refractivity contribution in [2.75, 3.05) is 4.90 Å². The SMILES string of the molecule is C1=C(c2ccc(N(c3ccc(-c4ccc(-c5ccc6ccccc6c5)cc4)cc3)c3ccc(-c4ccc(-c5cc6ccccc6c6ccccc56)cc4)cc3)cc2)Cc2ccccc21. The van der Waals surface area contributed by atoms with Crippen molar-refractivity contribution in [3.63, 3.8) is 0 Å². The lowest BCUT2D eigenvalue weighted by Crippen LogP contribution is -2.10. The molecule has 0 atom stereocenters. The number of anilines is 3. The molecule has 0 fully saturated rings. The minimum Gasteiger partial charge on any atom is -0.311 e. The van der Waals surface area contributed by atoms with Crippen molar-refractivity contribution in [3.05, 3.63) is 259 Å². The maximum atomic E-state index is 2.37. The molecule has 300 valence electrons. The summed E-state index contributed by atoms with van der Waals surface area (Å²) in [4.78, 5) is 2.37. The van der Waals surface area contributed by atoms with Crippen LogP contribution in [0.3, 0.4) is 0 Å². The molecule has 0 aromatic heterocycles. The lowest BCUT2D eigenvalue weighted by Gasteiger charge is -2.26. The van der Waals surface area contributed by atoms with Crippen LogP contribution < -0.4 is 4.90 Å². The predicted octanol–water partition coefficient (Wildman–Crippen LogP) is 17.4. The molecule has 64 heavy (non-hydrogen) atoms. The van der Waals surface area contributed by atoms with Gasteiger partial charge in [0.05, 0.1) is 0 Å². The monoisotopic (exact) mass is 813 g/mol. The van der Waals surface area contributed by atoms with Gasteiger partial charge in [0.25, 0.3) is 0 Å². The van der Waals surface area contributed by atoms with E-state index in [1.807, 2.05) is 0 Å². The normalized spacial score (nSPS) is 12.1. The summed E-state index contributed by atoms with van der Waals surface area (Å²) in [7, 11) is 0. The van der Waals surface area contributed by atoms with Gasteiger partial charge in [0.15, 0.2) is 0 Å². The Hall–Kier alpha value is -8.26. The van der Waals surface area contributed by atoms with Crippen LogP contribution in [0, 0.1) is 0 Å². The highest BCUT2D eigenvalue weighted by molar-refractivity contribution is 6.13. The van der Waals surface area contributed by atoms with E-state index in [1.54, 1.807) is 0 Å². The molecule has 0 amide bonds. The summed E-state index contributed by atoms with van der Waals surface area (Å²) in [6, 6.07) is 88.8. The number of allylic oxidation sites excluding steroid dienone is 1. The zero-order chi connectivity index (χ0) is 42.4. The quantitative estimate of drug-likeness (QED) is 0.138. The van der Waals surface area contributed by atoms with Gasteiger partial charge in [-0.25, -0.2) is 0 Å².